The van der Waals surface area contributed by atoms with E-state index >= 15 is 0 Å². The Morgan fingerprint density at radius 1 is 1.11 bits per heavy atom. The number of piperidine rings is 2. The number of nitrogens with zero attached hydrogens (tertiary/aromatic N) is 2. The van der Waals surface area contributed by atoms with Gasteiger partial charge in [-0.2, -0.15) is 0 Å². The first kappa shape index (κ1) is 21.5. The minimum Gasteiger partial charge on any atom is -0.338 e. The second-order valence-electron chi connectivity index (χ2n) is 7.54. The molecule has 150 valence electrons. The van der Waals surface area contributed by atoms with E-state index in [0.29, 0.717) is 13.1 Å². The van der Waals surface area contributed by atoms with E-state index in [2.05, 4.69) is 5.32 Å². The number of nitrogens with one attached hydrogen (secondary N) is 1. The largest absolute Gasteiger partial charge is 0.338 e. The van der Waals surface area contributed by atoms with Crippen LogP contribution in [0.15, 0.2) is 30.3 Å². The van der Waals surface area contributed by atoms with Crippen molar-refractivity contribution < 1.29 is 9.59 Å². The highest BCUT2D eigenvalue weighted by Gasteiger charge is 2.36. The number of benzene rings is 1. The zero-order chi connectivity index (χ0) is 18.5. The first-order valence-electron chi connectivity index (χ1n) is 9.73. The molecule has 2 saturated heterocycles. The fraction of sp³-hybridized carbons (Fsp3) is 0.600. The number of likely N-dealkylation sites (tertiary alicyclic amines) is 2. The number of carbonyl (C=O) groups is 2. The summed E-state index contributed by atoms with van der Waals surface area (Å²) in [4.78, 5) is 29.4. The zero-order valence-corrected chi connectivity index (χ0v) is 16.8. The van der Waals surface area contributed by atoms with Gasteiger partial charge in [-0.15, -0.1) is 12.4 Å². The van der Waals surface area contributed by atoms with Crippen LogP contribution in [0.5, 0.6) is 0 Å². The molecule has 2 aliphatic rings. The lowest BCUT2D eigenvalue weighted by atomic mass is 9.91. The van der Waals surface area contributed by atoms with Crippen LogP contribution in [0.4, 0.5) is 10.5 Å². The number of urea groups is 1. The zero-order valence-electron chi connectivity index (χ0n) is 16.0. The number of hydrogen-bond acceptors (Lipinski definition) is 3. The minimum atomic E-state index is -0.129. The quantitative estimate of drug-likeness (QED) is 0.826. The first-order chi connectivity index (χ1) is 12.6. The molecule has 1 aromatic rings. The molecule has 27 heavy (non-hydrogen) atoms. The molecule has 0 radical (unpaired) electrons. The SMILES string of the molecule is CC(N)C1CCCCN1C(=O)C1CCCN(C(=O)Nc2ccccc2)C1.Cl. The van der Waals surface area contributed by atoms with Gasteiger partial charge in [-0.3, -0.25) is 4.79 Å². The van der Waals surface area contributed by atoms with Crippen molar-refractivity contribution in [3.05, 3.63) is 30.3 Å². The van der Waals surface area contributed by atoms with Crippen molar-refractivity contribution in [2.75, 3.05) is 25.0 Å². The van der Waals surface area contributed by atoms with Gasteiger partial charge in [0.25, 0.3) is 0 Å². The van der Waals surface area contributed by atoms with Crippen LogP contribution in [0.3, 0.4) is 0 Å². The van der Waals surface area contributed by atoms with Gasteiger partial charge in [-0.25, -0.2) is 4.79 Å². The summed E-state index contributed by atoms with van der Waals surface area (Å²) in [6.07, 6.45) is 4.85. The third-order valence-corrected chi connectivity index (χ3v) is 5.52. The van der Waals surface area contributed by atoms with E-state index in [-0.39, 0.29) is 42.3 Å². The number of hydrogen-bond donors (Lipinski definition) is 2. The van der Waals surface area contributed by atoms with Gasteiger partial charge in [-0.05, 0) is 51.2 Å². The highest BCUT2D eigenvalue weighted by Crippen LogP contribution is 2.25. The predicted molar refractivity (Wildman–Crippen MR) is 110 cm³/mol. The summed E-state index contributed by atoms with van der Waals surface area (Å²) >= 11 is 0. The van der Waals surface area contributed by atoms with Crippen molar-refractivity contribution in [1.82, 2.24) is 9.80 Å². The number of carbonyl (C=O) groups excluding carboxylic acids is 2. The Hall–Kier alpha value is -1.79. The minimum absolute atomic E-state index is 0. The van der Waals surface area contributed by atoms with E-state index in [4.69, 9.17) is 5.73 Å². The average molecular weight is 395 g/mol. The van der Waals surface area contributed by atoms with Gasteiger partial charge in [0.1, 0.15) is 0 Å². The number of nitrogens with two attached hydrogens (primary N) is 1. The lowest BCUT2D eigenvalue weighted by Gasteiger charge is -2.41. The molecule has 0 aromatic heterocycles. The lowest BCUT2D eigenvalue weighted by Crippen LogP contribution is -2.55. The molecule has 3 N–H and O–H groups in total. The Labute approximate surface area is 167 Å². The van der Waals surface area contributed by atoms with Crippen LogP contribution in [-0.4, -0.2) is 53.5 Å². The van der Waals surface area contributed by atoms with Crippen molar-refractivity contribution in [1.29, 1.82) is 0 Å². The standard InChI is InChI=1S/C20H30N4O2.ClH/c1-15(21)18-11-5-6-13-24(18)19(25)16-8-7-12-23(14-16)20(26)22-17-9-3-2-4-10-17;/h2-4,9-10,15-16,18H,5-8,11-14,21H2,1H3,(H,22,26);1H. The molecule has 1 aromatic carbocycles. The van der Waals surface area contributed by atoms with Crippen LogP contribution in [0.1, 0.15) is 39.0 Å². The summed E-state index contributed by atoms with van der Waals surface area (Å²) in [6, 6.07) is 9.42. The van der Waals surface area contributed by atoms with Gasteiger partial charge in [0, 0.05) is 37.4 Å². The van der Waals surface area contributed by atoms with Crippen molar-refractivity contribution in [3.8, 4) is 0 Å². The second-order valence-corrected chi connectivity index (χ2v) is 7.54. The second kappa shape index (κ2) is 9.95. The van der Waals surface area contributed by atoms with Crippen LogP contribution in [0.25, 0.3) is 0 Å². The van der Waals surface area contributed by atoms with Crippen molar-refractivity contribution in [2.45, 2.75) is 51.1 Å². The summed E-state index contributed by atoms with van der Waals surface area (Å²) in [5.41, 5.74) is 6.89. The van der Waals surface area contributed by atoms with E-state index in [9.17, 15) is 9.59 Å². The summed E-state index contributed by atoms with van der Waals surface area (Å²) in [6.45, 7) is 3.95. The summed E-state index contributed by atoms with van der Waals surface area (Å²) in [7, 11) is 0. The van der Waals surface area contributed by atoms with Gasteiger partial charge in [0.05, 0.1) is 5.92 Å². The van der Waals surface area contributed by atoms with E-state index < -0.39 is 0 Å². The first-order valence-corrected chi connectivity index (χ1v) is 9.73. The topological polar surface area (TPSA) is 78.7 Å². The molecule has 3 amide bonds. The number of para-hydroxylation sites is 1. The number of amides is 3. The molecule has 3 unspecified atom stereocenters. The molecule has 3 rings (SSSR count). The van der Waals surface area contributed by atoms with Gasteiger partial charge >= 0.3 is 6.03 Å². The van der Waals surface area contributed by atoms with Gasteiger partial charge in [0.15, 0.2) is 0 Å². The van der Waals surface area contributed by atoms with Crippen LogP contribution < -0.4 is 11.1 Å². The molecule has 2 heterocycles. The van der Waals surface area contributed by atoms with Crippen LogP contribution in [0.2, 0.25) is 0 Å². The molecule has 2 fully saturated rings. The van der Waals surface area contributed by atoms with Crippen molar-refractivity contribution in [2.24, 2.45) is 11.7 Å². The van der Waals surface area contributed by atoms with Gasteiger partial charge < -0.3 is 20.9 Å². The average Bonchev–Trinajstić information content (AvgIpc) is 2.68. The predicted octanol–water partition coefficient (Wildman–Crippen LogP) is 3.08. The van der Waals surface area contributed by atoms with Crippen LogP contribution >= 0.6 is 12.4 Å². The molecule has 0 aliphatic carbocycles. The van der Waals surface area contributed by atoms with Gasteiger partial charge in [0.2, 0.25) is 5.91 Å². The highest BCUT2D eigenvalue weighted by molar-refractivity contribution is 5.90. The number of rotatable bonds is 3. The molecule has 2 aliphatic heterocycles. The third kappa shape index (κ3) is 5.36. The molecule has 0 spiro atoms. The smallest absolute Gasteiger partial charge is 0.321 e. The maximum atomic E-state index is 13.1. The summed E-state index contributed by atoms with van der Waals surface area (Å²) < 4.78 is 0. The summed E-state index contributed by atoms with van der Waals surface area (Å²) in [5, 5.41) is 2.92. The Morgan fingerprint density at radius 2 is 1.85 bits per heavy atom. The maximum Gasteiger partial charge on any atom is 0.321 e. The highest BCUT2D eigenvalue weighted by atomic mass is 35.5. The van der Waals surface area contributed by atoms with Gasteiger partial charge in [-0.1, -0.05) is 18.2 Å². The van der Waals surface area contributed by atoms with E-state index in [0.717, 1.165) is 44.3 Å². The Morgan fingerprint density at radius 3 is 2.56 bits per heavy atom. The fourth-order valence-corrected chi connectivity index (χ4v) is 4.10. The van der Waals surface area contributed by atoms with Crippen molar-refractivity contribution >= 4 is 30.0 Å². The lowest BCUT2D eigenvalue weighted by molar-refractivity contribution is -0.141. The molecular weight excluding hydrogens is 364 g/mol. The third-order valence-electron chi connectivity index (χ3n) is 5.52. The fourth-order valence-electron chi connectivity index (χ4n) is 4.10. The van der Waals surface area contributed by atoms with Crippen LogP contribution in [0, 0.1) is 5.92 Å². The Kier molecular flexibility index (Phi) is 7.92. The Balaban J connectivity index is 0.00000261. The van der Waals surface area contributed by atoms with Crippen molar-refractivity contribution in [3.63, 3.8) is 0 Å². The normalized spacial score (nSPS) is 23.9. The molecule has 7 heteroatoms. The molecule has 3 atom stereocenters. The number of halogens is 1. The molecular formula is C20H31ClN4O2. The molecule has 0 saturated carbocycles. The van der Waals surface area contributed by atoms with E-state index in [1.807, 2.05) is 42.2 Å². The number of anilines is 1. The van der Waals surface area contributed by atoms with E-state index in [1.54, 1.807) is 4.90 Å². The molecule has 0 bridgehead atoms. The monoisotopic (exact) mass is 394 g/mol. The maximum absolute atomic E-state index is 13.1. The summed E-state index contributed by atoms with van der Waals surface area (Å²) in [5.74, 6) is 0.0498. The van der Waals surface area contributed by atoms with Crippen LogP contribution in [-0.2, 0) is 4.79 Å². The Bertz CT molecular complexity index is 626. The van der Waals surface area contributed by atoms with E-state index in [1.165, 1.54) is 0 Å². The molecule has 6 nitrogen and oxygen atoms in total.